The number of nitrogens with zero attached hydrogens (tertiary/aromatic N) is 1. The molecule has 0 radical (unpaired) electrons. The van der Waals surface area contributed by atoms with Crippen molar-refractivity contribution in [2.24, 2.45) is 0 Å². The molecular formula is C25H29NO3. The Kier molecular flexibility index (Phi) is 5.98. The number of methoxy groups -OCH3 is 1. The third kappa shape index (κ3) is 4.87. The predicted octanol–water partition coefficient (Wildman–Crippen LogP) is 4.73. The number of hydrogen-bond acceptors (Lipinski definition) is 3. The minimum Gasteiger partial charge on any atom is -0.497 e. The van der Waals surface area contributed by atoms with Crippen molar-refractivity contribution >= 4 is 11.7 Å². The van der Waals surface area contributed by atoms with E-state index in [1.807, 2.05) is 35.2 Å². The fraction of sp³-hybridized carbons (Fsp3) is 0.440. The monoisotopic (exact) mass is 391 g/mol. The van der Waals surface area contributed by atoms with Crippen LogP contribution in [0.1, 0.15) is 65.6 Å². The van der Waals surface area contributed by atoms with E-state index in [1.54, 1.807) is 7.11 Å². The summed E-state index contributed by atoms with van der Waals surface area (Å²) < 4.78 is 5.20. The number of hydrogen-bond donors (Lipinski definition) is 0. The van der Waals surface area contributed by atoms with Gasteiger partial charge in [-0.1, -0.05) is 24.3 Å². The molecule has 29 heavy (non-hydrogen) atoms. The highest BCUT2D eigenvalue weighted by Gasteiger charge is 2.32. The molecule has 0 saturated heterocycles. The van der Waals surface area contributed by atoms with E-state index in [2.05, 4.69) is 12.1 Å². The van der Waals surface area contributed by atoms with Crippen molar-refractivity contribution in [3.63, 3.8) is 0 Å². The van der Waals surface area contributed by atoms with Crippen LogP contribution in [0.5, 0.6) is 5.75 Å². The summed E-state index contributed by atoms with van der Waals surface area (Å²) in [5.41, 5.74) is 4.54. The van der Waals surface area contributed by atoms with Crippen molar-refractivity contribution in [1.29, 1.82) is 0 Å². The van der Waals surface area contributed by atoms with E-state index in [0.717, 1.165) is 42.6 Å². The van der Waals surface area contributed by atoms with Crippen LogP contribution in [-0.4, -0.2) is 29.7 Å². The van der Waals surface area contributed by atoms with Gasteiger partial charge in [-0.05, 0) is 73.4 Å². The molecule has 0 heterocycles. The summed E-state index contributed by atoms with van der Waals surface area (Å²) in [5.74, 6) is 0.968. The molecule has 0 unspecified atom stereocenters. The molecule has 2 aliphatic rings. The van der Waals surface area contributed by atoms with Gasteiger partial charge in [-0.15, -0.1) is 0 Å². The maximum atomic E-state index is 12.9. The second-order valence-corrected chi connectivity index (χ2v) is 8.21. The molecule has 0 aromatic heterocycles. The molecule has 0 N–H and O–H groups in total. The highest BCUT2D eigenvalue weighted by Crippen LogP contribution is 2.30. The molecule has 0 spiro atoms. The van der Waals surface area contributed by atoms with Crippen LogP contribution in [0.15, 0.2) is 42.5 Å². The lowest BCUT2D eigenvalue weighted by Crippen LogP contribution is -2.32. The van der Waals surface area contributed by atoms with Crippen LogP contribution < -0.4 is 4.74 Å². The number of fused-ring (bicyclic) bond motifs is 1. The molecular weight excluding hydrogens is 362 g/mol. The van der Waals surface area contributed by atoms with E-state index < -0.39 is 0 Å². The Balaban J connectivity index is 1.36. The molecule has 0 atom stereocenters. The first-order valence-corrected chi connectivity index (χ1v) is 10.7. The Labute approximate surface area is 172 Å². The van der Waals surface area contributed by atoms with Crippen LogP contribution in [0, 0.1) is 0 Å². The van der Waals surface area contributed by atoms with Gasteiger partial charge in [0.2, 0.25) is 5.91 Å². The first-order valence-electron chi connectivity index (χ1n) is 10.7. The van der Waals surface area contributed by atoms with E-state index in [4.69, 9.17) is 4.74 Å². The molecule has 1 saturated carbocycles. The molecule has 152 valence electrons. The summed E-state index contributed by atoms with van der Waals surface area (Å²) >= 11 is 0. The molecule has 2 aromatic rings. The number of carbonyl (C=O) groups excluding carboxylic acids is 2. The second kappa shape index (κ2) is 8.81. The SMILES string of the molecule is COc1ccc(CN(C(=O)CCC(=O)c2ccc3c(c2)CCCC3)C2CC2)cc1. The number of Topliss-reactive ketones (excluding diaryl/α,β-unsaturated/α-hetero) is 1. The summed E-state index contributed by atoms with van der Waals surface area (Å²) in [5, 5.41) is 0. The zero-order valence-electron chi connectivity index (χ0n) is 17.2. The summed E-state index contributed by atoms with van der Waals surface area (Å²) in [7, 11) is 1.65. The second-order valence-electron chi connectivity index (χ2n) is 8.21. The van der Waals surface area contributed by atoms with Crippen LogP contribution in [0.4, 0.5) is 0 Å². The Hall–Kier alpha value is -2.62. The standard InChI is InChI=1S/C25H29NO3/c1-29-23-12-6-18(7-13-23)17-26(22-10-11-22)25(28)15-14-24(27)21-9-8-19-4-2-3-5-20(19)16-21/h6-9,12-13,16,22H,2-5,10-11,14-15,17H2,1H3. The largest absolute Gasteiger partial charge is 0.497 e. The van der Waals surface area contributed by atoms with Gasteiger partial charge in [0.1, 0.15) is 5.75 Å². The van der Waals surface area contributed by atoms with E-state index in [1.165, 1.54) is 24.0 Å². The van der Waals surface area contributed by atoms with Crippen LogP contribution in [0.2, 0.25) is 0 Å². The minimum atomic E-state index is 0.0758. The third-order valence-electron chi connectivity index (χ3n) is 6.06. The van der Waals surface area contributed by atoms with E-state index in [9.17, 15) is 9.59 Å². The van der Waals surface area contributed by atoms with Gasteiger partial charge in [0.05, 0.1) is 7.11 Å². The molecule has 4 nitrogen and oxygen atoms in total. The van der Waals surface area contributed by atoms with Crippen molar-refractivity contribution in [3.8, 4) is 5.75 Å². The molecule has 2 aliphatic carbocycles. The number of aryl methyl sites for hydroxylation is 2. The Morgan fingerprint density at radius 1 is 0.966 bits per heavy atom. The van der Waals surface area contributed by atoms with Crippen LogP contribution in [-0.2, 0) is 24.2 Å². The quantitative estimate of drug-likeness (QED) is 0.611. The number of carbonyl (C=O) groups is 2. The van der Waals surface area contributed by atoms with Gasteiger partial charge in [-0.3, -0.25) is 9.59 Å². The fourth-order valence-corrected chi connectivity index (χ4v) is 4.15. The van der Waals surface area contributed by atoms with E-state index >= 15 is 0 Å². The molecule has 2 aromatic carbocycles. The Morgan fingerprint density at radius 3 is 2.38 bits per heavy atom. The highest BCUT2D eigenvalue weighted by atomic mass is 16.5. The van der Waals surface area contributed by atoms with Gasteiger partial charge in [0.25, 0.3) is 0 Å². The summed E-state index contributed by atoms with van der Waals surface area (Å²) in [6.07, 6.45) is 7.29. The Bertz CT molecular complexity index is 883. The Morgan fingerprint density at radius 2 is 1.69 bits per heavy atom. The third-order valence-corrected chi connectivity index (χ3v) is 6.06. The molecule has 0 bridgehead atoms. The van der Waals surface area contributed by atoms with Gasteiger partial charge in [-0.2, -0.15) is 0 Å². The number of rotatable bonds is 8. The van der Waals surface area contributed by atoms with Crippen molar-refractivity contribution < 1.29 is 14.3 Å². The molecule has 4 heteroatoms. The highest BCUT2D eigenvalue weighted by molar-refractivity contribution is 5.98. The average molecular weight is 392 g/mol. The minimum absolute atomic E-state index is 0.0758. The first-order chi connectivity index (χ1) is 14.1. The maximum absolute atomic E-state index is 12.9. The maximum Gasteiger partial charge on any atom is 0.223 e. The molecule has 4 rings (SSSR count). The molecule has 0 aliphatic heterocycles. The summed E-state index contributed by atoms with van der Waals surface area (Å²) in [6, 6.07) is 14.3. The van der Waals surface area contributed by atoms with Crippen LogP contribution >= 0.6 is 0 Å². The number of ether oxygens (including phenoxy) is 1. The summed E-state index contributed by atoms with van der Waals surface area (Å²) in [4.78, 5) is 27.5. The predicted molar refractivity (Wildman–Crippen MR) is 113 cm³/mol. The van der Waals surface area contributed by atoms with Crippen molar-refractivity contribution in [2.45, 2.75) is 64.0 Å². The van der Waals surface area contributed by atoms with Crippen LogP contribution in [0.25, 0.3) is 0 Å². The average Bonchev–Trinajstić information content (AvgIpc) is 3.61. The zero-order valence-corrected chi connectivity index (χ0v) is 17.2. The zero-order chi connectivity index (χ0) is 20.2. The van der Waals surface area contributed by atoms with Gasteiger partial charge < -0.3 is 9.64 Å². The smallest absolute Gasteiger partial charge is 0.223 e. The number of benzene rings is 2. The molecule has 1 fully saturated rings. The van der Waals surface area contributed by atoms with Gasteiger partial charge in [0, 0.05) is 31.0 Å². The van der Waals surface area contributed by atoms with Gasteiger partial charge in [0.15, 0.2) is 5.78 Å². The normalized spacial score (nSPS) is 15.5. The summed E-state index contributed by atoms with van der Waals surface area (Å²) in [6.45, 7) is 0.598. The fourth-order valence-electron chi connectivity index (χ4n) is 4.15. The van der Waals surface area contributed by atoms with Crippen molar-refractivity contribution in [1.82, 2.24) is 4.90 Å². The van der Waals surface area contributed by atoms with Crippen molar-refractivity contribution in [2.75, 3.05) is 7.11 Å². The lowest BCUT2D eigenvalue weighted by Gasteiger charge is -2.23. The lowest BCUT2D eigenvalue weighted by molar-refractivity contribution is -0.132. The topological polar surface area (TPSA) is 46.6 Å². The van der Waals surface area contributed by atoms with Gasteiger partial charge in [-0.25, -0.2) is 0 Å². The van der Waals surface area contributed by atoms with Gasteiger partial charge >= 0.3 is 0 Å². The van der Waals surface area contributed by atoms with E-state index in [-0.39, 0.29) is 24.5 Å². The number of amides is 1. The van der Waals surface area contributed by atoms with E-state index in [0.29, 0.717) is 12.6 Å². The number of ketones is 1. The van der Waals surface area contributed by atoms with Crippen molar-refractivity contribution in [3.05, 3.63) is 64.7 Å². The lowest BCUT2D eigenvalue weighted by atomic mass is 9.89. The first kappa shape index (κ1) is 19.7. The molecule has 1 amide bonds. The van der Waals surface area contributed by atoms with Crippen LogP contribution in [0.3, 0.4) is 0 Å².